The summed E-state index contributed by atoms with van der Waals surface area (Å²) in [5, 5.41) is 2.67. The van der Waals surface area contributed by atoms with Crippen LogP contribution in [0.4, 0.5) is 5.69 Å². The minimum absolute atomic E-state index is 0. The Labute approximate surface area is 135 Å². The van der Waals surface area contributed by atoms with Crippen LogP contribution in [0.2, 0.25) is 0 Å². The zero-order valence-corrected chi connectivity index (χ0v) is 13.7. The Kier molecular flexibility index (Phi) is 5.96. The molecule has 0 spiro atoms. The van der Waals surface area contributed by atoms with Crippen molar-refractivity contribution in [1.29, 1.82) is 0 Å². The number of hydrogen-bond acceptors (Lipinski definition) is 3. The summed E-state index contributed by atoms with van der Waals surface area (Å²) < 4.78 is 3.25. The Balaban J connectivity index is 0.00000242. The highest BCUT2D eigenvalue weighted by Gasteiger charge is 2.18. The van der Waals surface area contributed by atoms with Crippen molar-refractivity contribution in [3.05, 3.63) is 46.4 Å². The van der Waals surface area contributed by atoms with Gasteiger partial charge in [0.2, 0.25) is 5.91 Å². The van der Waals surface area contributed by atoms with E-state index < -0.39 is 0 Å². The van der Waals surface area contributed by atoms with Crippen LogP contribution >= 0.6 is 12.4 Å². The lowest BCUT2D eigenvalue weighted by atomic mass is 10.2. The first kappa shape index (κ1) is 18.0. The van der Waals surface area contributed by atoms with Gasteiger partial charge >= 0.3 is 0 Å². The molecule has 1 atom stereocenters. The standard InChI is InChI=1S/C15H20N4O2.ClH/c1-10(16)9-13(20)17-14-11(2)18(3)19(15(14)21)12-7-5-4-6-8-12;/h4-8,10H,9,16H2,1-3H3,(H,17,20);1H. The van der Waals surface area contributed by atoms with Crippen LogP contribution in [0.25, 0.3) is 5.69 Å². The molecule has 120 valence electrons. The van der Waals surface area contributed by atoms with E-state index in [9.17, 15) is 9.59 Å². The summed E-state index contributed by atoms with van der Waals surface area (Å²) in [7, 11) is 1.78. The van der Waals surface area contributed by atoms with E-state index in [1.54, 1.807) is 25.6 Å². The highest BCUT2D eigenvalue weighted by Crippen LogP contribution is 2.14. The second-order valence-corrected chi connectivity index (χ2v) is 5.17. The molecule has 0 fully saturated rings. The van der Waals surface area contributed by atoms with E-state index in [0.29, 0.717) is 11.4 Å². The SMILES string of the molecule is Cc1c(NC(=O)CC(C)N)c(=O)n(-c2ccccc2)n1C.Cl. The Bertz CT molecular complexity index is 704. The Morgan fingerprint density at radius 3 is 2.45 bits per heavy atom. The molecule has 1 unspecified atom stereocenters. The number of nitrogens with one attached hydrogen (secondary N) is 1. The van der Waals surface area contributed by atoms with Gasteiger partial charge in [0, 0.05) is 19.5 Å². The summed E-state index contributed by atoms with van der Waals surface area (Å²) in [6.45, 7) is 3.54. The van der Waals surface area contributed by atoms with Crippen LogP contribution in [0.15, 0.2) is 35.1 Å². The van der Waals surface area contributed by atoms with Crippen LogP contribution in [0.5, 0.6) is 0 Å². The summed E-state index contributed by atoms with van der Waals surface area (Å²) in [5.74, 6) is -0.254. The van der Waals surface area contributed by atoms with Crippen LogP contribution in [0.1, 0.15) is 19.0 Å². The van der Waals surface area contributed by atoms with Gasteiger partial charge in [-0.25, -0.2) is 4.68 Å². The van der Waals surface area contributed by atoms with Crippen molar-refractivity contribution in [2.24, 2.45) is 12.8 Å². The molecule has 7 heteroatoms. The molecule has 1 aromatic heterocycles. The second kappa shape index (κ2) is 7.29. The molecule has 0 aliphatic carbocycles. The number of carbonyl (C=O) groups is 1. The van der Waals surface area contributed by atoms with Crippen molar-refractivity contribution in [3.8, 4) is 5.69 Å². The maximum absolute atomic E-state index is 12.5. The van der Waals surface area contributed by atoms with Gasteiger partial charge < -0.3 is 11.1 Å². The predicted molar refractivity (Wildman–Crippen MR) is 89.9 cm³/mol. The molecular weight excluding hydrogens is 304 g/mol. The van der Waals surface area contributed by atoms with Crippen LogP contribution in [0.3, 0.4) is 0 Å². The lowest BCUT2D eigenvalue weighted by Crippen LogP contribution is -2.27. The van der Waals surface area contributed by atoms with Crippen molar-refractivity contribution in [2.45, 2.75) is 26.3 Å². The maximum Gasteiger partial charge on any atom is 0.295 e. The van der Waals surface area contributed by atoms with Gasteiger partial charge in [-0.15, -0.1) is 12.4 Å². The third-order valence-corrected chi connectivity index (χ3v) is 3.33. The predicted octanol–water partition coefficient (Wildman–Crippen LogP) is 1.58. The van der Waals surface area contributed by atoms with E-state index in [4.69, 9.17) is 5.73 Å². The minimum atomic E-state index is -0.254. The van der Waals surface area contributed by atoms with Gasteiger partial charge in [0.15, 0.2) is 0 Å². The number of rotatable bonds is 4. The van der Waals surface area contributed by atoms with Gasteiger partial charge in [-0.1, -0.05) is 18.2 Å². The Morgan fingerprint density at radius 2 is 1.91 bits per heavy atom. The van der Waals surface area contributed by atoms with Gasteiger partial charge in [0.05, 0.1) is 11.4 Å². The first-order chi connectivity index (χ1) is 9.91. The van der Waals surface area contributed by atoms with Gasteiger partial charge in [-0.3, -0.25) is 14.3 Å². The van der Waals surface area contributed by atoms with Crippen molar-refractivity contribution in [2.75, 3.05) is 5.32 Å². The number of benzene rings is 1. The molecule has 0 aliphatic rings. The van der Waals surface area contributed by atoms with E-state index in [0.717, 1.165) is 5.69 Å². The number of hydrogen-bond donors (Lipinski definition) is 2. The lowest BCUT2D eigenvalue weighted by Gasteiger charge is -2.07. The zero-order valence-electron chi connectivity index (χ0n) is 12.9. The van der Waals surface area contributed by atoms with E-state index in [-0.39, 0.29) is 36.3 Å². The smallest absolute Gasteiger partial charge is 0.295 e. The molecule has 0 radical (unpaired) electrons. The number of carbonyl (C=O) groups excluding carboxylic acids is 1. The van der Waals surface area contributed by atoms with Crippen molar-refractivity contribution in [3.63, 3.8) is 0 Å². The molecule has 0 bridgehead atoms. The zero-order chi connectivity index (χ0) is 15.6. The van der Waals surface area contributed by atoms with Crippen molar-refractivity contribution in [1.82, 2.24) is 9.36 Å². The molecule has 0 aliphatic heterocycles. The largest absolute Gasteiger partial charge is 0.327 e. The first-order valence-electron chi connectivity index (χ1n) is 6.81. The number of halogens is 1. The summed E-state index contributed by atoms with van der Waals surface area (Å²) >= 11 is 0. The average molecular weight is 325 g/mol. The third-order valence-electron chi connectivity index (χ3n) is 3.33. The van der Waals surface area contributed by atoms with Gasteiger partial charge in [-0.2, -0.15) is 0 Å². The summed E-state index contributed by atoms with van der Waals surface area (Å²) in [6, 6.07) is 9.04. The van der Waals surface area contributed by atoms with Crippen LogP contribution in [0, 0.1) is 6.92 Å². The van der Waals surface area contributed by atoms with Gasteiger partial charge in [0.1, 0.15) is 5.69 Å². The maximum atomic E-state index is 12.5. The number of nitrogens with zero attached hydrogens (tertiary/aromatic N) is 2. The molecule has 1 heterocycles. The fraction of sp³-hybridized carbons (Fsp3) is 0.333. The third kappa shape index (κ3) is 3.58. The number of aromatic nitrogens is 2. The average Bonchev–Trinajstić information content (AvgIpc) is 2.63. The molecule has 3 N–H and O–H groups in total. The molecule has 22 heavy (non-hydrogen) atoms. The van der Waals surface area contributed by atoms with E-state index in [1.807, 2.05) is 30.3 Å². The molecule has 1 aromatic carbocycles. The van der Waals surface area contributed by atoms with Crippen molar-refractivity contribution >= 4 is 24.0 Å². The molecule has 0 saturated carbocycles. The van der Waals surface area contributed by atoms with E-state index >= 15 is 0 Å². The Morgan fingerprint density at radius 1 is 1.32 bits per heavy atom. The molecule has 2 rings (SSSR count). The van der Waals surface area contributed by atoms with E-state index in [1.165, 1.54) is 4.68 Å². The molecule has 2 aromatic rings. The summed E-state index contributed by atoms with van der Waals surface area (Å²) in [4.78, 5) is 24.4. The summed E-state index contributed by atoms with van der Waals surface area (Å²) in [5.41, 5.74) is 7.09. The normalized spacial score (nSPS) is 11.6. The molecule has 0 saturated heterocycles. The van der Waals surface area contributed by atoms with Gasteiger partial charge in [0.25, 0.3) is 5.56 Å². The van der Waals surface area contributed by atoms with Crippen molar-refractivity contribution < 1.29 is 4.79 Å². The molecule has 1 amide bonds. The molecular formula is C15H21ClN4O2. The topological polar surface area (TPSA) is 82.1 Å². The number of amides is 1. The fourth-order valence-electron chi connectivity index (χ4n) is 2.20. The van der Waals surface area contributed by atoms with Crippen LogP contribution in [-0.4, -0.2) is 21.3 Å². The van der Waals surface area contributed by atoms with Gasteiger partial charge in [-0.05, 0) is 26.0 Å². The summed E-state index contributed by atoms with van der Waals surface area (Å²) in [6.07, 6.45) is 0.180. The fourth-order valence-corrected chi connectivity index (χ4v) is 2.20. The monoisotopic (exact) mass is 324 g/mol. The minimum Gasteiger partial charge on any atom is -0.327 e. The van der Waals surface area contributed by atoms with Crippen LogP contribution in [-0.2, 0) is 11.8 Å². The number of anilines is 1. The number of para-hydroxylation sites is 1. The Hall–Kier alpha value is -2.05. The van der Waals surface area contributed by atoms with Crippen LogP contribution < -0.4 is 16.6 Å². The molecule has 6 nitrogen and oxygen atoms in total. The number of nitrogens with two attached hydrogens (primary N) is 1. The highest BCUT2D eigenvalue weighted by molar-refractivity contribution is 5.91. The lowest BCUT2D eigenvalue weighted by molar-refractivity contribution is -0.116. The quantitative estimate of drug-likeness (QED) is 0.896. The second-order valence-electron chi connectivity index (χ2n) is 5.17. The highest BCUT2D eigenvalue weighted by atomic mass is 35.5. The first-order valence-corrected chi connectivity index (χ1v) is 6.81. The van der Waals surface area contributed by atoms with E-state index in [2.05, 4.69) is 5.32 Å².